The number of anilines is 1. The summed E-state index contributed by atoms with van der Waals surface area (Å²) in [7, 11) is 0. The number of ether oxygens (including phenoxy) is 1. The van der Waals surface area contributed by atoms with Crippen LogP contribution in [0.1, 0.15) is 32.3 Å². The molecule has 24 heavy (non-hydrogen) atoms. The normalized spacial score (nSPS) is 19.1. The molecule has 1 aliphatic heterocycles. The third-order valence-corrected chi connectivity index (χ3v) is 4.26. The maximum Gasteiger partial charge on any atom is 0.310 e. The molecule has 2 rings (SSSR count). The first-order valence-electron chi connectivity index (χ1n) is 8.26. The number of piperidine rings is 1. The Labute approximate surface area is 142 Å². The molecule has 1 aliphatic rings. The second kappa shape index (κ2) is 8.46. The van der Waals surface area contributed by atoms with E-state index >= 15 is 0 Å². The summed E-state index contributed by atoms with van der Waals surface area (Å²) < 4.78 is 5.09. The van der Waals surface area contributed by atoms with E-state index in [4.69, 9.17) is 10.00 Å². The van der Waals surface area contributed by atoms with Gasteiger partial charge in [-0.15, -0.1) is 0 Å². The second-order valence-corrected chi connectivity index (χ2v) is 5.94. The van der Waals surface area contributed by atoms with Crippen LogP contribution in [0.2, 0.25) is 0 Å². The van der Waals surface area contributed by atoms with E-state index in [1.165, 1.54) is 0 Å². The lowest BCUT2D eigenvalue weighted by Gasteiger charge is -2.35. The van der Waals surface area contributed by atoms with E-state index in [9.17, 15) is 9.59 Å². The standard InChI is InChI=1S/C18H23N3O3/c1-3-24-18(23)15-7-5-9-21(12-15)13(2)17(22)20-16-8-4-6-14(10-16)11-19/h4,6,8,10,13,15H,3,5,7,9,12H2,1-2H3,(H,20,22)/t13-,15-/m0/s1. The molecule has 0 saturated carbocycles. The number of nitrogens with one attached hydrogen (secondary N) is 1. The first-order chi connectivity index (χ1) is 11.5. The van der Waals surface area contributed by atoms with Crippen molar-refractivity contribution >= 4 is 17.6 Å². The molecule has 0 spiro atoms. The molecule has 0 radical (unpaired) electrons. The highest BCUT2D eigenvalue weighted by atomic mass is 16.5. The molecule has 6 nitrogen and oxygen atoms in total. The molecular formula is C18H23N3O3. The minimum absolute atomic E-state index is 0.144. The van der Waals surface area contributed by atoms with Crippen molar-refractivity contribution in [3.63, 3.8) is 0 Å². The van der Waals surface area contributed by atoms with Gasteiger partial charge in [-0.2, -0.15) is 5.26 Å². The number of rotatable bonds is 5. The van der Waals surface area contributed by atoms with Crippen LogP contribution in [0.15, 0.2) is 24.3 Å². The van der Waals surface area contributed by atoms with E-state index in [1.54, 1.807) is 31.2 Å². The van der Waals surface area contributed by atoms with Gasteiger partial charge in [-0.05, 0) is 51.4 Å². The third-order valence-electron chi connectivity index (χ3n) is 4.26. The number of nitrogens with zero attached hydrogens (tertiary/aromatic N) is 2. The van der Waals surface area contributed by atoms with Crippen LogP contribution in [0.5, 0.6) is 0 Å². The van der Waals surface area contributed by atoms with Crippen molar-refractivity contribution in [3.8, 4) is 6.07 Å². The largest absolute Gasteiger partial charge is 0.466 e. The summed E-state index contributed by atoms with van der Waals surface area (Å²) in [5.74, 6) is -0.498. The van der Waals surface area contributed by atoms with Crippen LogP contribution in [0.4, 0.5) is 5.69 Å². The van der Waals surface area contributed by atoms with Crippen LogP contribution in [-0.2, 0) is 14.3 Å². The smallest absolute Gasteiger partial charge is 0.310 e. The maximum atomic E-state index is 12.5. The van der Waals surface area contributed by atoms with E-state index < -0.39 is 0 Å². The average Bonchev–Trinajstić information content (AvgIpc) is 2.61. The molecule has 1 heterocycles. The summed E-state index contributed by atoms with van der Waals surface area (Å²) in [6.45, 7) is 5.32. The molecule has 0 aromatic heterocycles. The summed E-state index contributed by atoms with van der Waals surface area (Å²) in [6.07, 6.45) is 1.67. The lowest BCUT2D eigenvalue weighted by Crippen LogP contribution is -2.48. The summed E-state index contributed by atoms with van der Waals surface area (Å²) in [5.41, 5.74) is 1.10. The van der Waals surface area contributed by atoms with E-state index in [1.807, 2.05) is 11.8 Å². The molecule has 1 amide bonds. The van der Waals surface area contributed by atoms with Crippen LogP contribution >= 0.6 is 0 Å². The van der Waals surface area contributed by atoms with Gasteiger partial charge in [0.2, 0.25) is 5.91 Å². The Bertz CT molecular complexity index is 639. The zero-order valence-corrected chi connectivity index (χ0v) is 14.1. The van der Waals surface area contributed by atoms with Gasteiger partial charge < -0.3 is 10.1 Å². The van der Waals surface area contributed by atoms with Gasteiger partial charge in [-0.3, -0.25) is 14.5 Å². The van der Waals surface area contributed by atoms with Crippen molar-refractivity contribution < 1.29 is 14.3 Å². The molecule has 1 aromatic carbocycles. The topological polar surface area (TPSA) is 82.4 Å². The number of nitriles is 1. The Morgan fingerprint density at radius 3 is 3.00 bits per heavy atom. The fourth-order valence-corrected chi connectivity index (χ4v) is 2.89. The molecule has 0 bridgehead atoms. The van der Waals surface area contributed by atoms with E-state index in [2.05, 4.69) is 11.4 Å². The van der Waals surface area contributed by atoms with Gasteiger partial charge in [0.1, 0.15) is 0 Å². The quantitative estimate of drug-likeness (QED) is 0.837. The lowest BCUT2D eigenvalue weighted by molar-refractivity contribution is -0.150. The second-order valence-electron chi connectivity index (χ2n) is 5.94. The number of hydrogen-bond acceptors (Lipinski definition) is 5. The Hall–Kier alpha value is -2.39. The monoisotopic (exact) mass is 329 g/mol. The van der Waals surface area contributed by atoms with Gasteiger partial charge in [-0.1, -0.05) is 6.07 Å². The molecule has 1 fully saturated rings. The van der Waals surface area contributed by atoms with Crippen LogP contribution in [0, 0.1) is 17.2 Å². The number of likely N-dealkylation sites (tertiary alicyclic amines) is 1. The summed E-state index contributed by atoms with van der Waals surface area (Å²) >= 11 is 0. The number of carbonyl (C=O) groups is 2. The van der Waals surface area contributed by atoms with Gasteiger partial charge in [-0.25, -0.2) is 0 Å². The first-order valence-corrected chi connectivity index (χ1v) is 8.26. The van der Waals surface area contributed by atoms with Crippen molar-refractivity contribution in [3.05, 3.63) is 29.8 Å². The predicted octanol–water partition coefficient (Wildman–Crippen LogP) is 2.16. The van der Waals surface area contributed by atoms with Gasteiger partial charge >= 0.3 is 5.97 Å². The van der Waals surface area contributed by atoms with E-state index in [0.29, 0.717) is 24.4 Å². The van der Waals surface area contributed by atoms with Gasteiger partial charge in [0.15, 0.2) is 0 Å². The van der Waals surface area contributed by atoms with E-state index in [-0.39, 0.29) is 23.8 Å². The van der Waals surface area contributed by atoms with Gasteiger partial charge in [0.25, 0.3) is 0 Å². The molecule has 0 unspecified atom stereocenters. The number of esters is 1. The Morgan fingerprint density at radius 2 is 2.29 bits per heavy atom. The van der Waals surface area contributed by atoms with Crippen LogP contribution in [-0.4, -0.2) is 42.5 Å². The summed E-state index contributed by atoms with van der Waals surface area (Å²) in [4.78, 5) is 26.4. The van der Waals surface area contributed by atoms with Crippen LogP contribution in [0.25, 0.3) is 0 Å². The van der Waals surface area contributed by atoms with Crippen LogP contribution < -0.4 is 5.32 Å². The van der Waals surface area contributed by atoms with Crippen molar-refractivity contribution in [1.29, 1.82) is 5.26 Å². The third kappa shape index (κ3) is 4.56. The minimum Gasteiger partial charge on any atom is -0.466 e. The molecule has 2 atom stereocenters. The minimum atomic E-state index is -0.354. The Balaban J connectivity index is 1.96. The molecule has 0 aliphatic carbocycles. The molecule has 1 saturated heterocycles. The molecule has 1 N–H and O–H groups in total. The molecule has 1 aromatic rings. The highest BCUT2D eigenvalue weighted by molar-refractivity contribution is 5.94. The highest BCUT2D eigenvalue weighted by Gasteiger charge is 2.31. The van der Waals surface area contributed by atoms with E-state index in [0.717, 1.165) is 19.4 Å². The average molecular weight is 329 g/mol. The molecule has 128 valence electrons. The SMILES string of the molecule is CCOC(=O)[C@H]1CCCN([C@@H](C)C(=O)Nc2cccc(C#N)c2)C1. The molecular weight excluding hydrogens is 306 g/mol. The fourth-order valence-electron chi connectivity index (χ4n) is 2.89. The van der Waals surface area contributed by atoms with Crippen molar-refractivity contribution in [2.75, 3.05) is 25.0 Å². The summed E-state index contributed by atoms with van der Waals surface area (Å²) in [6, 6.07) is 8.51. The number of hydrogen-bond donors (Lipinski definition) is 1. The zero-order chi connectivity index (χ0) is 17.5. The number of amides is 1. The predicted molar refractivity (Wildman–Crippen MR) is 90.2 cm³/mol. The van der Waals surface area contributed by atoms with Crippen molar-refractivity contribution in [1.82, 2.24) is 4.90 Å². The van der Waals surface area contributed by atoms with Gasteiger partial charge in [0, 0.05) is 12.2 Å². The fraction of sp³-hybridized carbons (Fsp3) is 0.500. The first kappa shape index (κ1) is 18.0. The number of carbonyl (C=O) groups excluding carboxylic acids is 2. The Morgan fingerprint density at radius 1 is 1.50 bits per heavy atom. The van der Waals surface area contributed by atoms with Crippen LogP contribution in [0.3, 0.4) is 0 Å². The van der Waals surface area contributed by atoms with Crippen molar-refractivity contribution in [2.45, 2.75) is 32.7 Å². The van der Waals surface area contributed by atoms with Crippen molar-refractivity contribution in [2.24, 2.45) is 5.92 Å². The zero-order valence-electron chi connectivity index (χ0n) is 14.1. The Kier molecular flexibility index (Phi) is 6.33. The number of benzene rings is 1. The molecule has 6 heteroatoms. The lowest BCUT2D eigenvalue weighted by atomic mass is 9.97. The highest BCUT2D eigenvalue weighted by Crippen LogP contribution is 2.20. The maximum absolute atomic E-state index is 12.5. The van der Waals surface area contributed by atoms with Gasteiger partial charge in [0.05, 0.1) is 30.2 Å². The summed E-state index contributed by atoms with van der Waals surface area (Å²) in [5, 5.41) is 11.8.